The molecule has 0 atom stereocenters. The smallest absolute Gasteiger partial charge is 0.124 e. The fourth-order valence-electron chi connectivity index (χ4n) is 1.82. The predicted octanol–water partition coefficient (Wildman–Crippen LogP) is 5.24. The van der Waals surface area contributed by atoms with Crippen LogP contribution >= 0.6 is 23.1 Å². The third kappa shape index (κ3) is 3.26. The van der Waals surface area contributed by atoms with Crippen LogP contribution in [0.5, 0.6) is 0 Å². The summed E-state index contributed by atoms with van der Waals surface area (Å²) in [6, 6.07) is 16.8. The number of rotatable bonds is 4. The summed E-state index contributed by atoms with van der Waals surface area (Å²) < 4.78 is 13.1. The summed E-state index contributed by atoms with van der Waals surface area (Å²) in [5, 5.41) is 3.12. The molecule has 0 amide bonds. The van der Waals surface area contributed by atoms with Crippen LogP contribution in [0.1, 0.15) is 5.01 Å². The van der Waals surface area contributed by atoms with Gasteiger partial charge in [0.1, 0.15) is 10.8 Å². The Labute approximate surface area is 125 Å². The van der Waals surface area contributed by atoms with Crippen molar-refractivity contribution in [3.63, 3.8) is 0 Å². The normalized spacial score (nSPS) is 10.7. The number of hydrogen-bond acceptors (Lipinski definition) is 3. The van der Waals surface area contributed by atoms with Gasteiger partial charge in [-0.05, 0) is 18.2 Å². The largest absolute Gasteiger partial charge is 0.240 e. The Balaban J connectivity index is 1.69. The molecule has 0 unspecified atom stereocenters. The van der Waals surface area contributed by atoms with Crippen molar-refractivity contribution in [3.05, 3.63) is 70.8 Å². The molecule has 0 saturated heterocycles. The number of hydrogen-bond donors (Lipinski definition) is 0. The first-order valence-corrected chi connectivity index (χ1v) is 8.06. The van der Waals surface area contributed by atoms with E-state index >= 15 is 0 Å². The van der Waals surface area contributed by atoms with Crippen LogP contribution in [0.2, 0.25) is 0 Å². The van der Waals surface area contributed by atoms with Gasteiger partial charge in [-0.25, -0.2) is 9.37 Å². The van der Waals surface area contributed by atoms with E-state index in [-0.39, 0.29) is 5.82 Å². The van der Waals surface area contributed by atoms with Crippen molar-refractivity contribution < 1.29 is 4.39 Å². The van der Waals surface area contributed by atoms with Gasteiger partial charge >= 0.3 is 0 Å². The van der Waals surface area contributed by atoms with Crippen molar-refractivity contribution in [1.82, 2.24) is 4.98 Å². The standard InChI is InChI=1S/C16H12FNS2/c17-13-7-4-8-14(9-13)19-11-16-18-15(10-20-16)12-5-2-1-3-6-12/h1-10H,11H2. The number of thiazole rings is 1. The van der Waals surface area contributed by atoms with E-state index in [1.807, 2.05) is 24.3 Å². The van der Waals surface area contributed by atoms with Crippen molar-refractivity contribution in [2.24, 2.45) is 0 Å². The molecule has 100 valence electrons. The Hall–Kier alpha value is -1.65. The van der Waals surface area contributed by atoms with E-state index in [0.29, 0.717) is 0 Å². The number of aromatic nitrogens is 1. The molecule has 0 bridgehead atoms. The topological polar surface area (TPSA) is 12.9 Å². The lowest BCUT2D eigenvalue weighted by molar-refractivity contribution is 0.624. The van der Waals surface area contributed by atoms with Gasteiger partial charge in [0.2, 0.25) is 0 Å². The first kappa shape index (κ1) is 13.3. The Morgan fingerprint density at radius 1 is 1.05 bits per heavy atom. The van der Waals surface area contributed by atoms with Crippen molar-refractivity contribution in [2.45, 2.75) is 10.6 Å². The molecule has 0 radical (unpaired) electrons. The summed E-state index contributed by atoms with van der Waals surface area (Å²) in [5.74, 6) is 0.570. The van der Waals surface area contributed by atoms with Gasteiger partial charge < -0.3 is 0 Å². The molecule has 0 saturated carbocycles. The third-order valence-corrected chi connectivity index (χ3v) is 4.82. The number of thioether (sulfide) groups is 1. The molecule has 1 heterocycles. The van der Waals surface area contributed by atoms with Gasteiger partial charge in [-0.1, -0.05) is 36.4 Å². The highest BCUT2D eigenvalue weighted by Gasteiger charge is 2.05. The van der Waals surface area contributed by atoms with Crippen molar-refractivity contribution in [3.8, 4) is 11.3 Å². The Morgan fingerprint density at radius 3 is 2.70 bits per heavy atom. The second-order valence-electron chi connectivity index (χ2n) is 4.24. The molecule has 0 fully saturated rings. The summed E-state index contributed by atoms with van der Waals surface area (Å²) in [7, 11) is 0. The van der Waals surface area contributed by atoms with Gasteiger partial charge in [-0.3, -0.25) is 0 Å². The predicted molar refractivity (Wildman–Crippen MR) is 83.5 cm³/mol. The lowest BCUT2D eigenvalue weighted by Crippen LogP contribution is -1.82. The molecular weight excluding hydrogens is 289 g/mol. The van der Waals surface area contributed by atoms with Crippen molar-refractivity contribution >= 4 is 23.1 Å². The van der Waals surface area contributed by atoms with Gasteiger partial charge in [0, 0.05) is 15.8 Å². The van der Waals surface area contributed by atoms with Crippen LogP contribution < -0.4 is 0 Å². The molecule has 0 N–H and O–H groups in total. The minimum Gasteiger partial charge on any atom is -0.240 e. The lowest BCUT2D eigenvalue weighted by atomic mass is 10.2. The summed E-state index contributed by atoms with van der Waals surface area (Å²) in [6.07, 6.45) is 0. The van der Waals surface area contributed by atoms with E-state index in [1.54, 1.807) is 35.2 Å². The van der Waals surface area contributed by atoms with E-state index in [2.05, 4.69) is 22.5 Å². The van der Waals surface area contributed by atoms with Crippen LogP contribution in [-0.4, -0.2) is 4.98 Å². The molecular formula is C16H12FNS2. The van der Waals surface area contributed by atoms with E-state index in [1.165, 1.54) is 6.07 Å². The van der Waals surface area contributed by atoms with Gasteiger partial charge in [-0.15, -0.1) is 23.1 Å². The maximum atomic E-state index is 13.1. The maximum Gasteiger partial charge on any atom is 0.124 e. The zero-order valence-corrected chi connectivity index (χ0v) is 12.3. The van der Waals surface area contributed by atoms with Crippen LogP contribution in [0.4, 0.5) is 4.39 Å². The quantitative estimate of drug-likeness (QED) is 0.611. The maximum absolute atomic E-state index is 13.1. The SMILES string of the molecule is Fc1cccc(SCc2nc(-c3ccccc3)cs2)c1. The Bertz CT molecular complexity index is 694. The molecule has 0 aliphatic carbocycles. The number of benzene rings is 2. The van der Waals surface area contributed by atoms with E-state index in [0.717, 1.165) is 26.9 Å². The summed E-state index contributed by atoms with van der Waals surface area (Å²) in [5.41, 5.74) is 2.14. The summed E-state index contributed by atoms with van der Waals surface area (Å²) in [4.78, 5) is 5.55. The molecule has 1 aromatic heterocycles. The summed E-state index contributed by atoms with van der Waals surface area (Å²) in [6.45, 7) is 0. The fourth-order valence-corrected chi connectivity index (χ4v) is 3.58. The van der Waals surface area contributed by atoms with Crippen LogP contribution in [0.15, 0.2) is 64.9 Å². The fraction of sp³-hybridized carbons (Fsp3) is 0.0625. The minimum atomic E-state index is -0.195. The minimum absolute atomic E-state index is 0.195. The summed E-state index contributed by atoms with van der Waals surface area (Å²) >= 11 is 3.25. The molecule has 20 heavy (non-hydrogen) atoms. The second kappa shape index (κ2) is 6.20. The van der Waals surface area contributed by atoms with Gasteiger partial charge in [0.05, 0.1) is 11.4 Å². The number of halogens is 1. The van der Waals surface area contributed by atoms with E-state index in [4.69, 9.17) is 0 Å². The average molecular weight is 301 g/mol. The average Bonchev–Trinajstić information content (AvgIpc) is 2.95. The molecule has 1 nitrogen and oxygen atoms in total. The lowest BCUT2D eigenvalue weighted by Gasteiger charge is -1.99. The highest BCUT2D eigenvalue weighted by atomic mass is 32.2. The molecule has 3 aromatic rings. The van der Waals surface area contributed by atoms with Crippen LogP contribution in [0.25, 0.3) is 11.3 Å². The molecule has 2 aromatic carbocycles. The van der Waals surface area contributed by atoms with Crippen LogP contribution in [0.3, 0.4) is 0 Å². The van der Waals surface area contributed by atoms with Crippen LogP contribution in [0, 0.1) is 5.82 Å². The van der Waals surface area contributed by atoms with Crippen LogP contribution in [-0.2, 0) is 5.75 Å². The molecule has 0 spiro atoms. The first-order valence-electron chi connectivity index (χ1n) is 6.19. The van der Waals surface area contributed by atoms with Gasteiger partial charge in [0.15, 0.2) is 0 Å². The van der Waals surface area contributed by atoms with Gasteiger partial charge in [0.25, 0.3) is 0 Å². The zero-order valence-electron chi connectivity index (χ0n) is 10.6. The van der Waals surface area contributed by atoms with E-state index in [9.17, 15) is 4.39 Å². The first-order chi connectivity index (χ1) is 9.81. The Kier molecular flexibility index (Phi) is 4.14. The molecule has 4 heteroatoms. The number of nitrogens with zero attached hydrogens (tertiary/aromatic N) is 1. The molecule has 3 rings (SSSR count). The monoisotopic (exact) mass is 301 g/mol. The van der Waals surface area contributed by atoms with Gasteiger partial charge in [-0.2, -0.15) is 0 Å². The Morgan fingerprint density at radius 2 is 1.90 bits per heavy atom. The highest BCUT2D eigenvalue weighted by Crippen LogP contribution is 2.27. The third-order valence-electron chi connectivity index (χ3n) is 2.78. The molecule has 0 aliphatic heterocycles. The second-order valence-corrected chi connectivity index (χ2v) is 6.23. The zero-order chi connectivity index (χ0) is 13.8. The van der Waals surface area contributed by atoms with Crippen molar-refractivity contribution in [1.29, 1.82) is 0 Å². The van der Waals surface area contributed by atoms with E-state index < -0.39 is 0 Å². The molecule has 0 aliphatic rings. The highest BCUT2D eigenvalue weighted by molar-refractivity contribution is 7.98. The van der Waals surface area contributed by atoms with Crippen molar-refractivity contribution in [2.75, 3.05) is 0 Å².